The Morgan fingerprint density at radius 1 is 1.27 bits per heavy atom. The van der Waals surface area contributed by atoms with Crippen molar-refractivity contribution in [2.75, 3.05) is 0 Å². The van der Waals surface area contributed by atoms with E-state index in [1.54, 1.807) is 18.5 Å². The van der Waals surface area contributed by atoms with Gasteiger partial charge in [-0.1, -0.05) is 18.2 Å². The van der Waals surface area contributed by atoms with Crippen molar-refractivity contribution < 1.29 is 4.79 Å². The van der Waals surface area contributed by atoms with Gasteiger partial charge in [-0.05, 0) is 12.1 Å². The van der Waals surface area contributed by atoms with Crippen LogP contribution in [0, 0.1) is 5.92 Å². The van der Waals surface area contributed by atoms with Gasteiger partial charge < -0.3 is 0 Å². The van der Waals surface area contributed by atoms with Crippen molar-refractivity contribution >= 4 is 17.2 Å². The van der Waals surface area contributed by atoms with Gasteiger partial charge in [0.1, 0.15) is 0 Å². The Bertz CT molecular complexity index is 526. The van der Waals surface area contributed by atoms with E-state index >= 15 is 0 Å². The molecule has 0 saturated carbocycles. The topological polar surface area (TPSA) is 42.3 Å². The number of allylic oxidation sites excluding steroid dienone is 4. The Morgan fingerprint density at radius 2 is 2.20 bits per heavy atom. The van der Waals surface area contributed by atoms with Gasteiger partial charge in [0.2, 0.25) is 0 Å². The lowest BCUT2D eigenvalue weighted by atomic mass is 9.87. The van der Waals surface area contributed by atoms with Gasteiger partial charge in [-0.3, -0.25) is 14.8 Å². The van der Waals surface area contributed by atoms with Crippen LogP contribution in [-0.4, -0.2) is 16.5 Å². The van der Waals surface area contributed by atoms with E-state index in [0.29, 0.717) is 5.56 Å². The van der Waals surface area contributed by atoms with Crippen LogP contribution in [0.2, 0.25) is 0 Å². The van der Waals surface area contributed by atoms with E-state index < -0.39 is 0 Å². The average molecular weight is 196 g/mol. The highest BCUT2D eigenvalue weighted by atomic mass is 16.1. The van der Waals surface area contributed by atoms with Crippen molar-refractivity contribution in [1.29, 1.82) is 0 Å². The highest BCUT2D eigenvalue weighted by molar-refractivity contribution is 6.22. The Kier molecular flexibility index (Phi) is 1.65. The zero-order chi connectivity index (χ0) is 10.3. The molecule has 1 aromatic rings. The van der Waals surface area contributed by atoms with Crippen LogP contribution in [0.15, 0.2) is 47.8 Å². The van der Waals surface area contributed by atoms with Gasteiger partial charge in [-0.2, -0.15) is 0 Å². The zero-order valence-corrected chi connectivity index (χ0v) is 7.92. The molecule has 0 saturated heterocycles. The molecule has 2 aliphatic rings. The van der Waals surface area contributed by atoms with Gasteiger partial charge >= 0.3 is 0 Å². The number of carbonyl (C=O) groups is 1. The maximum absolute atomic E-state index is 12.0. The fraction of sp³-hybridized carbons (Fsp3) is 0.0833. The summed E-state index contributed by atoms with van der Waals surface area (Å²) < 4.78 is 0. The standard InChI is InChI=1S/C12H8N2O/c15-12-8-3-1-2-4-10(8)14-11-5-6-13-7-9(11)12/h1-8H. The lowest BCUT2D eigenvalue weighted by Gasteiger charge is -2.20. The average Bonchev–Trinajstić information content (AvgIpc) is 2.30. The summed E-state index contributed by atoms with van der Waals surface area (Å²) in [5, 5.41) is 0. The molecule has 1 atom stereocenters. The molecule has 72 valence electrons. The molecule has 3 nitrogen and oxygen atoms in total. The first-order valence-corrected chi connectivity index (χ1v) is 4.78. The summed E-state index contributed by atoms with van der Waals surface area (Å²) in [7, 11) is 0. The van der Waals surface area contributed by atoms with E-state index in [-0.39, 0.29) is 11.7 Å². The van der Waals surface area contributed by atoms with Gasteiger partial charge in [-0.15, -0.1) is 0 Å². The van der Waals surface area contributed by atoms with Gasteiger partial charge in [-0.25, -0.2) is 0 Å². The number of pyridine rings is 1. The monoisotopic (exact) mass is 196 g/mol. The molecular formula is C12H8N2O. The first-order chi connectivity index (χ1) is 7.36. The van der Waals surface area contributed by atoms with E-state index in [0.717, 1.165) is 11.4 Å². The Hall–Kier alpha value is -2.03. The molecule has 2 heterocycles. The van der Waals surface area contributed by atoms with E-state index in [4.69, 9.17) is 0 Å². The molecule has 0 N–H and O–H groups in total. The Labute approximate surface area is 86.9 Å². The number of aliphatic imine (C=N–C) groups is 1. The molecule has 1 aliphatic carbocycles. The number of rotatable bonds is 0. The molecule has 0 aromatic carbocycles. The Morgan fingerprint density at radius 3 is 3.13 bits per heavy atom. The first-order valence-electron chi connectivity index (χ1n) is 4.78. The van der Waals surface area contributed by atoms with Crippen molar-refractivity contribution in [1.82, 2.24) is 4.98 Å². The molecule has 0 amide bonds. The smallest absolute Gasteiger partial charge is 0.179 e. The largest absolute Gasteiger partial charge is 0.293 e. The first kappa shape index (κ1) is 8.29. The zero-order valence-electron chi connectivity index (χ0n) is 7.92. The van der Waals surface area contributed by atoms with Crippen LogP contribution in [0.5, 0.6) is 0 Å². The minimum absolute atomic E-state index is 0.0868. The molecule has 1 aromatic heterocycles. The van der Waals surface area contributed by atoms with Crippen LogP contribution >= 0.6 is 0 Å². The summed E-state index contributed by atoms with van der Waals surface area (Å²) in [6, 6.07) is 1.77. The van der Waals surface area contributed by atoms with Crippen LogP contribution in [-0.2, 0) is 0 Å². The summed E-state index contributed by atoms with van der Waals surface area (Å²) in [6.45, 7) is 0. The van der Waals surface area contributed by atoms with E-state index in [1.165, 1.54) is 0 Å². The predicted octanol–water partition coefficient (Wildman–Crippen LogP) is 2.09. The van der Waals surface area contributed by atoms with Gasteiger partial charge in [0.25, 0.3) is 0 Å². The summed E-state index contributed by atoms with van der Waals surface area (Å²) in [6.07, 6.45) is 10.8. The molecule has 0 radical (unpaired) electrons. The second-order valence-electron chi connectivity index (χ2n) is 3.52. The highest BCUT2D eigenvalue weighted by Gasteiger charge is 2.28. The predicted molar refractivity (Wildman–Crippen MR) is 57.4 cm³/mol. The lowest BCUT2D eigenvalue weighted by Crippen LogP contribution is -2.25. The highest BCUT2D eigenvalue weighted by Crippen LogP contribution is 2.29. The van der Waals surface area contributed by atoms with Crippen LogP contribution < -0.4 is 0 Å². The maximum Gasteiger partial charge on any atom is 0.179 e. The minimum Gasteiger partial charge on any atom is -0.293 e. The van der Waals surface area contributed by atoms with Crippen molar-refractivity contribution in [3.05, 3.63) is 48.3 Å². The summed E-state index contributed by atoms with van der Waals surface area (Å²) >= 11 is 0. The summed E-state index contributed by atoms with van der Waals surface area (Å²) in [5.74, 6) is -0.129. The second-order valence-corrected chi connectivity index (χ2v) is 3.52. The third-order valence-corrected chi connectivity index (χ3v) is 2.60. The van der Waals surface area contributed by atoms with Crippen molar-refractivity contribution in [3.63, 3.8) is 0 Å². The van der Waals surface area contributed by atoms with Crippen molar-refractivity contribution in [2.45, 2.75) is 0 Å². The van der Waals surface area contributed by atoms with Crippen molar-refractivity contribution in [3.8, 4) is 0 Å². The Balaban J connectivity index is 2.23. The lowest BCUT2D eigenvalue weighted by molar-refractivity contribution is 0.0971. The van der Waals surface area contributed by atoms with Gasteiger partial charge in [0.05, 0.1) is 22.9 Å². The number of Topliss-reactive ketones (excluding diaryl/α,β-unsaturated/α-hetero) is 1. The molecule has 0 fully saturated rings. The summed E-state index contributed by atoms with van der Waals surface area (Å²) in [4.78, 5) is 20.4. The van der Waals surface area contributed by atoms with Crippen LogP contribution in [0.1, 0.15) is 10.4 Å². The van der Waals surface area contributed by atoms with Gasteiger partial charge in [0.15, 0.2) is 5.78 Å². The van der Waals surface area contributed by atoms with E-state index in [1.807, 2.05) is 24.3 Å². The number of hydrogen-bond acceptors (Lipinski definition) is 3. The normalized spacial score (nSPS) is 22.0. The quantitative estimate of drug-likeness (QED) is 0.637. The number of aromatic nitrogens is 1. The third kappa shape index (κ3) is 1.16. The SMILES string of the molecule is O=C1c2cnccc2N=C2C=CC=CC12. The number of carbonyl (C=O) groups excluding carboxylic acids is 1. The van der Waals surface area contributed by atoms with Crippen LogP contribution in [0.25, 0.3) is 0 Å². The van der Waals surface area contributed by atoms with Crippen molar-refractivity contribution in [2.24, 2.45) is 10.9 Å². The number of hydrogen-bond donors (Lipinski definition) is 0. The molecule has 3 heteroatoms. The van der Waals surface area contributed by atoms with Crippen LogP contribution in [0.4, 0.5) is 5.69 Å². The number of ketones is 1. The molecule has 0 bridgehead atoms. The number of nitrogens with zero attached hydrogens (tertiary/aromatic N) is 2. The minimum atomic E-state index is -0.216. The molecule has 1 unspecified atom stereocenters. The van der Waals surface area contributed by atoms with Gasteiger partial charge in [0, 0.05) is 12.4 Å². The van der Waals surface area contributed by atoms with E-state index in [2.05, 4.69) is 9.98 Å². The molecule has 15 heavy (non-hydrogen) atoms. The molecule has 0 spiro atoms. The molecule has 1 aliphatic heterocycles. The van der Waals surface area contributed by atoms with Crippen LogP contribution in [0.3, 0.4) is 0 Å². The van der Waals surface area contributed by atoms with E-state index in [9.17, 15) is 4.79 Å². The molecule has 3 rings (SSSR count). The summed E-state index contributed by atoms with van der Waals surface area (Å²) in [5.41, 5.74) is 2.16. The fourth-order valence-corrected chi connectivity index (χ4v) is 1.84. The number of fused-ring (bicyclic) bond motifs is 2. The fourth-order valence-electron chi connectivity index (χ4n) is 1.84. The maximum atomic E-state index is 12.0. The third-order valence-electron chi connectivity index (χ3n) is 2.60. The second kappa shape index (κ2) is 2.98. The molecular weight excluding hydrogens is 188 g/mol.